The summed E-state index contributed by atoms with van der Waals surface area (Å²) in [6.45, 7) is -0.363. The summed E-state index contributed by atoms with van der Waals surface area (Å²) >= 11 is 0. The van der Waals surface area contributed by atoms with E-state index in [0.717, 1.165) is 10.8 Å². The number of aliphatic hydroxyl groups is 1. The monoisotopic (exact) mass is 229 g/mol. The lowest BCUT2D eigenvalue weighted by molar-refractivity contribution is -0.121. The molecule has 0 aliphatic rings. The molecule has 0 unspecified atom stereocenters. The number of aryl methyl sites for hydroxylation is 1. The number of anilines is 1. The number of nitrogens with two attached hydrogens (primary N) is 1. The highest BCUT2D eigenvalue weighted by atomic mass is 19.1. The molecule has 0 saturated carbocycles. The predicted octanol–water partition coefficient (Wildman–Crippen LogP) is -0.694. The lowest BCUT2D eigenvalue weighted by Crippen LogP contribution is -2.25. The first-order valence-corrected chi connectivity index (χ1v) is 4.69. The molecule has 3 N–H and O–H groups in total. The van der Waals surface area contributed by atoms with Crippen LogP contribution < -0.4 is 11.4 Å². The molecule has 0 spiro atoms. The smallest absolute Gasteiger partial charge is 0.349 e. The molecule has 0 fully saturated rings. The first kappa shape index (κ1) is 12.3. The van der Waals surface area contributed by atoms with Gasteiger partial charge in [-0.25, -0.2) is 9.18 Å². The lowest BCUT2D eigenvalue weighted by Gasteiger charge is -2.04. The number of hydrogen-bond acceptors (Lipinski definition) is 5. The van der Waals surface area contributed by atoms with Crippen molar-refractivity contribution in [2.75, 3.05) is 12.3 Å². The van der Waals surface area contributed by atoms with E-state index >= 15 is 0 Å². The fourth-order valence-electron chi connectivity index (χ4n) is 1.16. The summed E-state index contributed by atoms with van der Waals surface area (Å²) < 4.78 is 14.0. The summed E-state index contributed by atoms with van der Waals surface area (Å²) in [5.41, 5.74) is 4.44. The van der Waals surface area contributed by atoms with Crippen molar-refractivity contribution in [1.82, 2.24) is 9.55 Å². The van der Waals surface area contributed by atoms with Gasteiger partial charge in [-0.3, -0.25) is 9.36 Å². The fraction of sp³-hybridized carbons (Fsp3) is 0.444. The van der Waals surface area contributed by atoms with E-state index in [4.69, 9.17) is 10.8 Å². The molecule has 6 nitrogen and oxygen atoms in total. The minimum absolute atomic E-state index is 0.134. The van der Waals surface area contributed by atoms with Crippen LogP contribution in [-0.4, -0.2) is 27.0 Å². The van der Waals surface area contributed by atoms with Gasteiger partial charge in [-0.1, -0.05) is 0 Å². The topological polar surface area (TPSA) is 98.2 Å². The van der Waals surface area contributed by atoms with Crippen LogP contribution in [0.3, 0.4) is 0 Å². The van der Waals surface area contributed by atoms with Crippen molar-refractivity contribution >= 4 is 11.6 Å². The average Bonchev–Trinajstić information content (AvgIpc) is 2.25. The largest absolute Gasteiger partial charge is 0.389 e. The first-order valence-electron chi connectivity index (χ1n) is 4.69. The molecule has 1 aromatic rings. The normalized spacial score (nSPS) is 10.4. The van der Waals surface area contributed by atoms with Crippen LogP contribution in [0, 0.1) is 5.82 Å². The van der Waals surface area contributed by atoms with Crippen LogP contribution >= 0.6 is 0 Å². The Hall–Kier alpha value is -1.76. The van der Waals surface area contributed by atoms with Gasteiger partial charge in [-0.15, -0.1) is 0 Å². The summed E-state index contributed by atoms with van der Waals surface area (Å²) in [6, 6.07) is 0. The summed E-state index contributed by atoms with van der Waals surface area (Å²) in [7, 11) is 0. The Morgan fingerprint density at radius 2 is 2.31 bits per heavy atom. The second kappa shape index (κ2) is 5.36. The van der Waals surface area contributed by atoms with E-state index in [0.29, 0.717) is 6.42 Å². The van der Waals surface area contributed by atoms with Crippen LogP contribution in [0.5, 0.6) is 0 Å². The van der Waals surface area contributed by atoms with Gasteiger partial charge >= 0.3 is 5.69 Å². The van der Waals surface area contributed by atoms with Crippen LogP contribution in [0.15, 0.2) is 11.0 Å². The molecule has 0 bridgehead atoms. The van der Waals surface area contributed by atoms with Crippen LogP contribution in [0.4, 0.5) is 10.2 Å². The maximum Gasteiger partial charge on any atom is 0.349 e. The Balaban J connectivity index is 2.64. The van der Waals surface area contributed by atoms with Crippen LogP contribution in [0.2, 0.25) is 0 Å². The Labute approximate surface area is 90.5 Å². The number of nitrogens with zero attached hydrogens (tertiary/aromatic N) is 2. The van der Waals surface area contributed by atoms with E-state index < -0.39 is 23.9 Å². The van der Waals surface area contributed by atoms with E-state index in [-0.39, 0.29) is 18.7 Å². The number of aliphatic hydroxyl groups excluding tert-OH is 1. The van der Waals surface area contributed by atoms with Gasteiger partial charge in [-0.05, 0) is 6.42 Å². The minimum atomic E-state index is -0.770. The van der Waals surface area contributed by atoms with E-state index in [1.165, 1.54) is 0 Å². The highest BCUT2D eigenvalue weighted by Crippen LogP contribution is 2.02. The fourth-order valence-corrected chi connectivity index (χ4v) is 1.16. The maximum absolute atomic E-state index is 13.0. The average molecular weight is 229 g/mol. The molecule has 16 heavy (non-hydrogen) atoms. The number of rotatable bonds is 5. The van der Waals surface area contributed by atoms with Crippen molar-refractivity contribution in [3.63, 3.8) is 0 Å². The number of nitrogen functional groups attached to an aromatic ring is 1. The van der Waals surface area contributed by atoms with Gasteiger partial charge in [0.2, 0.25) is 0 Å². The van der Waals surface area contributed by atoms with Gasteiger partial charge in [0.05, 0.1) is 0 Å². The highest BCUT2D eigenvalue weighted by molar-refractivity contribution is 5.79. The standard InChI is InChI=1S/C9H12FN3O3/c10-7-4-13(9(16)12-8(7)11)3-1-2-6(15)5-14/h4,14H,1-3,5H2,(H2,11,12,16). The first-order chi connectivity index (χ1) is 7.54. The van der Waals surface area contributed by atoms with Crippen molar-refractivity contribution in [3.8, 4) is 0 Å². The molecule has 7 heteroatoms. The van der Waals surface area contributed by atoms with Crippen molar-refractivity contribution in [2.24, 2.45) is 0 Å². The molecule has 0 atom stereocenters. The number of hydrogen-bond donors (Lipinski definition) is 2. The number of ketones is 1. The number of carbonyl (C=O) groups is 1. The molecular formula is C9H12FN3O3. The second-order valence-corrected chi connectivity index (χ2v) is 3.25. The van der Waals surface area contributed by atoms with Crippen LogP contribution in [-0.2, 0) is 11.3 Å². The van der Waals surface area contributed by atoms with Crippen molar-refractivity contribution in [3.05, 3.63) is 22.5 Å². The molecule has 1 heterocycles. The van der Waals surface area contributed by atoms with Gasteiger partial charge in [-0.2, -0.15) is 4.98 Å². The third kappa shape index (κ3) is 3.13. The van der Waals surface area contributed by atoms with E-state index in [9.17, 15) is 14.0 Å². The molecule has 0 aliphatic carbocycles. The Morgan fingerprint density at radius 1 is 1.62 bits per heavy atom. The summed E-state index contributed by atoms with van der Waals surface area (Å²) in [6.07, 6.45) is 1.42. The van der Waals surface area contributed by atoms with Crippen molar-refractivity contribution in [1.29, 1.82) is 0 Å². The van der Waals surface area contributed by atoms with E-state index in [2.05, 4.69) is 4.98 Å². The zero-order valence-corrected chi connectivity index (χ0v) is 8.52. The third-order valence-electron chi connectivity index (χ3n) is 2.01. The zero-order valence-electron chi connectivity index (χ0n) is 8.52. The van der Waals surface area contributed by atoms with Crippen LogP contribution in [0.25, 0.3) is 0 Å². The predicted molar refractivity (Wildman–Crippen MR) is 54.2 cm³/mol. The lowest BCUT2D eigenvalue weighted by atomic mass is 10.2. The summed E-state index contributed by atoms with van der Waals surface area (Å²) in [4.78, 5) is 25.2. The quantitative estimate of drug-likeness (QED) is 0.696. The number of aromatic nitrogens is 2. The van der Waals surface area contributed by atoms with Gasteiger partial charge in [0.15, 0.2) is 17.4 Å². The third-order valence-corrected chi connectivity index (χ3v) is 2.01. The molecule has 88 valence electrons. The van der Waals surface area contributed by atoms with Gasteiger partial charge in [0.25, 0.3) is 0 Å². The number of halogens is 1. The Morgan fingerprint density at radius 3 is 2.94 bits per heavy atom. The van der Waals surface area contributed by atoms with Crippen molar-refractivity contribution in [2.45, 2.75) is 19.4 Å². The van der Waals surface area contributed by atoms with E-state index in [1.54, 1.807) is 0 Å². The van der Waals surface area contributed by atoms with E-state index in [1.807, 2.05) is 0 Å². The van der Waals surface area contributed by atoms with Gasteiger partial charge in [0, 0.05) is 19.2 Å². The molecule has 1 aromatic heterocycles. The molecule has 0 aromatic carbocycles. The molecule has 0 saturated heterocycles. The molecule has 0 amide bonds. The van der Waals surface area contributed by atoms with Gasteiger partial charge in [0.1, 0.15) is 6.61 Å². The zero-order chi connectivity index (χ0) is 12.1. The molecule has 0 radical (unpaired) electrons. The SMILES string of the molecule is Nc1nc(=O)n(CCCC(=O)CO)cc1F. The maximum atomic E-state index is 13.0. The van der Waals surface area contributed by atoms with Crippen molar-refractivity contribution < 1.29 is 14.3 Å². The Kier molecular flexibility index (Phi) is 4.12. The number of carbonyl (C=O) groups excluding carboxylic acids is 1. The van der Waals surface area contributed by atoms with Gasteiger partial charge < -0.3 is 10.8 Å². The minimum Gasteiger partial charge on any atom is -0.389 e. The second-order valence-electron chi connectivity index (χ2n) is 3.25. The molecule has 1 rings (SSSR count). The van der Waals surface area contributed by atoms with Crippen LogP contribution in [0.1, 0.15) is 12.8 Å². The Bertz CT molecular complexity index is 444. The molecule has 0 aliphatic heterocycles. The summed E-state index contributed by atoms with van der Waals surface area (Å²) in [5.74, 6) is -1.53. The molecular weight excluding hydrogens is 217 g/mol. The highest BCUT2D eigenvalue weighted by Gasteiger charge is 2.05. The summed E-state index contributed by atoms with van der Waals surface area (Å²) in [5, 5.41) is 8.46. The number of Topliss-reactive ketones (excluding diaryl/α,β-unsaturated/α-hetero) is 1.